The van der Waals surface area contributed by atoms with E-state index in [-0.39, 0.29) is 6.09 Å². The summed E-state index contributed by atoms with van der Waals surface area (Å²) < 4.78 is 5.13. The van der Waals surface area contributed by atoms with Crippen molar-refractivity contribution in [2.24, 2.45) is 0 Å². The van der Waals surface area contributed by atoms with Gasteiger partial charge in [0.1, 0.15) is 16.6 Å². The Balaban J connectivity index is 2.13. The number of nitrogens with one attached hydrogen (secondary N) is 1. The predicted molar refractivity (Wildman–Crippen MR) is 74.2 cm³/mol. The topological polar surface area (TPSA) is 64.1 Å². The molecule has 0 aliphatic carbocycles. The number of nitrogens with zero attached hydrogens (tertiary/aromatic N) is 2. The minimum Gasteiger partial charge on any atom is -0.444 e. The summed E-state index contributed by atoms with van der Waals surface area (Å²) in [6.07, 6.45) is 3.73. The molecule has 0 atom stereocenters. The van der Waals surface area contributed by atoms with Crippen LogP contribution in [0.15, 0.2) is 12.3 Å². The zero-order valence-electron chi connectivity index (χ0n) is 11.6. The molecule has 0 spiro atoms. The van der Waals surface area contributed by atoms with Crippen LogP contribution in [0.5, 0.6) is 0 Å². The molecule has 0 bridgehead atoms. The molecule has 1 amide bonds. The highest BCUT2D eigenvalue weighted by molar-refractivity contribution is 6.29. The molecule has 0 unspecified atom stereocenters. The Bertz CT molecular complexity index is 419. The van der Waals surface area contributed by atoms with Gasteiger partial charge in [-0.2, -0.15) is 0 Å². The molecule has 1 aromatic heterocycles. The van der Waals surface area contributed by atoms with E-state index in [1.807, 2.05) is 20.8 Å². The highest BCUT2D eigenvalue weighted by Crippen LogP contribution is 2.07. The summed E-state index contributed by atoms with van der Waals surface area (Å²) in [5, 5.41) is 3.16. The van der Waals surface area contributed by atoms with E-state index >= 15 is 0 Å². The van der Waals surface area contributed by atoms with E-state index in [2.05, 4.69) is 15.3 Å². The van der Waals surface area contributed by atoms with E-state index in [0.717, 1.165) is 25.1 Å². The van der Waals surface area contributed by atoms with Crippen molar-refractivity contribution in [3.8, 4) is 0 Å². The molecule has 0 aromatic carbocycles. The van der Waals surface area contributed by atoms with Gasteiger partial charge in [-0.05, 0) is 39.7 Å². The van der Waals surface area contributed by atoms with Crippen molar-refractivity contribution < 1.29 is 9.53 Å². The molecule has 0 radical (unpaired) electrons. The number of carbonyl (C=O) groups is 1. The first-order valence-corrected chi connectivity index (χ1v) is 6.69. The van der Waals surface area contributed by atoms with Gasteiger partial charge in [-0.25, -0.2) is 14.8 Å². The first kappa shape index (κ1) is 15.7. The summed E-state index contributed by atoms with van der Waals surface area (Å²) in [7, 11) is 0. The first-order valence-electron chi connectivity index (χ1n) is 6.31. The number of aryl methyl sites for hydroxylation is 1. The van der Waals surface area contributed by atoms with E-state index in [4.69, 9.17) is 16.3 Å². The van der Waals surface area contributed by atoms with Gasteiger partial charge in [0.15, 0.2) is 0 Å². The Kier molecular flexibility index (Phi) is 6.02. The number of ether oxygens (including phenoxy) is 1. The average Bonchev–Trinajstić information content (AvgIpc) is 2.26. The minimum atomic E-state index is -0.460. The predicted octanol–water partition coefficient (Wildman–Crippen LogP) is 2.98. The van der Waals surface area contributed by atoms with E-state index in [9.17, 15) is 4.79 Å². The van der Waals surface area contributed by atoms with Gasteiger partial charge in [0, 0.05) is 19.2 Å². The standard InChI is InChI=1S/C13H20ClN3O2/c1-13(2,3)19-12(18)16-8-5-4-6-11-15-9-7-10(14)17-11/h7,9H,4-6,8H2,1-3H3,(H,16,18). The summed E-state index contributed by atoms with van der Waals surface area (Å²) in [6, 6.07) is 1.65. The van der Waals surface area contributed by atoms with Crippen molar-refractivity contribution >= 4 is 17.7 Å². The van der Waals surface area contributed by atoms with E-state index in [1.54, 1.807) is 12.3 Å². The SMILES string of the molecule is CC(C)(C)OC(=O)NCCCCc1nccc(Cl)n1. The number of rotatable bonds is 5. The van der Waals surface area contributed by atoms with Gasteiger partial charge in [0.05, 0.1) is 0 Å². The Hall–Kier alpha value is -1.36. The van der Waals surface area contributed by atoms with Gasteiger partial charge in [-0.1, -0.05) is 11.6 Å². The summed E-state index contributed by atoms with van der Waals surface area (Å²) >= 11 is 5.76. The van der Waals surface area contributed by atoms with Gasteiger partial charge in [-0.3, -0.25) is 0 Å². The number of hydrogen-bond acceptors (Lipinski definition) is 4. The molecule has 19 heavy (non-hydrogen) atoms. The maximum atomic E-state index is 11.4. The van der Waals surface area contributed by atoms with Crippen molar-refractivity contribution in [3.63, 3.8) is 0 Å². The molecule has 1 rings (SSSR count). The highest BCUT2D eigenvalue weighted by atomic mass is 35.5. The molecule has 0 fully saturated rings. The third-order valence-electron chi connectivity index (χ3n) is 2.17. The molecule has 0 saturated carbocycles. The normalized spacial score (nSPS) is 11.2. The van der Waals surface area contributed by atoms with Crippen LogP contribution in [0, 0.1) is 0 Å². The van der Waals surface area contributed by atoms with E-state index in [1.165, 1.54) is 0 Å². The Morgan fingerprint density at radius 3 is 2.79 bits per heavy atom. The van der Waals surface area contributed by atoms with Gasteiger partial charge in [0.2, 0.25) is 0 Å². The molecule has 1 N–H and O–H groups in total. The Labute approximate surface area is 118 Å². The maximum absolute atomic E-state index is 11.4. The number of hydrogen-bond donors (Lipinski definition) is 1. The van der Waals surface area contributed by atoms with Crippen molar-refractivity contribution in [3.05, 3.63) is 23.2 Å². The van der Waals surface area contributed by atoms with Crippen LogP contribution >= 0.6 is 11.6 Å². The van der Waals surface area contributed by atoms with Crippen LogP contribution in [0.25, 0.3) is 0 Å². The second-order valence-electron chi connectivity index (χ2n) is 5.18. The average molecular weight is 286 g/mol. The van der Waals surface area contributed by atoms with Gasteiger partial charge >= 0.3 is 6.09 Å². The Morgan fingerprint density at radius 2 is 2.16 bits per heavy atom. The zero-order chi connectivity index (χ0) is 14.3. The Morgan fingerprint density at radius 1 is 1.42 bits per heavy atom. The third-order valence-corrected chi connectivity index (χ3v) is 2.38. The zero-order valence-corrected chi connectivity index (χ0v) is 12.3. The van der Waals surface area contributed by atoms with Gasteiger partial charge < -0.3 is 10.1 Å². The molecule has 1 heterocycles. The smallest absolute Gasteiger partial charge is 0.407 e. The van der Waals surface area contributed by atoms with Crippen LogP contribution < -0.4 is 5.32 Å². The maximum Gasteiger partial charge on any atom is 0.407 e. The number of alkyl carbamates (subject to hydrolysis) is 1. The third kappa shape index (κ3) is 7.62. The molecule has 1 aromatic rings. The summed E-state index contributed by atoms with van der Waals surface area (Å²) in [5.41, 5.74) is -0.460. The van der Waals surface area contributed by atoms with Crippen LogP contribution in [0.2, 0.25) is 5.15 Å². The fourth-order valence-corrected chi connectivity index (χ4v) is 1.56. The number of aromatic nitrogens is 2. The van der Waals surface area contributed by atoms with Crippen molar-refractivity contribution in [1.82, 2.24) is 15.3 Å². The second-order valence-corrected chi connectivity index (χ2v) is 5.57. The molecule has 6 heteroatoms. The van der Waals surface area contributed by atoms with E-state index < -0.39 is 5.60 Å². The largest absolute Gasteiger partial charge is 0.444 e. The number of amides is 1. The number of halogens is 1. The summed E-state index contributed by atoms with van der Waals surface area (Å²) in [4.78, 5) is 19.6. The van der Waals surface area contributed by atoms with Crippen LogP contribution in [-0.4, -0.2) is 28.2 Å². The lowest BCUT2D eigenvalue weighted by Crippen LogP contribution is -2.33. The molecular formula is C13H20ClN3O2. The van der Waals surface area contributed by atoms with Gasteiger partial charge in [0.25, 0.3) is 0 Å². The lowest BCUT2D eigenvalue weighted by molar-refractivity contribution is 0.0527. The molecular weight excluding hydrogens is 266 g/mol. The second kappa shape index (κ2) is 7.28. The fraction of sp³-hybridized carbons (Fsp3) is 0.615. The van der Waals surface area contributed by atoms with Crippen LogP contribution in [-0.2, 0) is 11.2 Å². The first-order chi connectivity index (χ1) is 8.87. The molecule has 0 saturated heterocycles. The van der Waals surface area contributed by atoms with Crippen LogP contribution in [0.1, 0.15) is 39.4 Å². The lowest BCUT2D eigenvalue weighted by Gasteiger charge is -2.19. The fourth-order valence-electron chi connectivity index (χ4n) is 1.41. The van der Waals surface area contributed by atoms with Crippen molar-refractivity contribution in [1.29, 1.82) is 0 Å². The molecule has 106 valence electrons. The van der Waals surface area contributed by atoms with Crippen molar-refractivity contribution in [2.45, 2.75) is 45.6 Å². The van der Waals surface area contributed by atoms with Crippen LogP contribution in [0.3, 0.4) is 0 Å². The number of carbonyl (C=O) groups excluding carboxylic acids is 1. The lowest BCUT2D eigenvalue weighted by atomic mass is 10.2. The summed E-state index contributed by atoms with van der Waals surface area (Å²) in [6.45, 7) is 6.09. The number of unbranched alkanes of at least 4 members (excludes halogenated alkanes) is 1. The monoisotopic (exact) mass is 285 g/mol. The quantitative estimate of drug-likeness (QED) is 0.667. The van der Waals surface area contributed by atoms with E-state index in [0.29, 0.717) is 11.7 Å². The highest BCUT2D eigenvalue weighted by Gasteiger charge is 2.15. The minimum absolute atomic E-state index is 0.383. The van der Waals surface area contributed by atoms with Gasteiger partial charge in [-0.15, -0.1) is 0 Å². The molecule has 5 nitrogen and oxygen atoms in total. The molecule has 0 aliphatic rings. The summed E-state index contributed by atoms with van der Waals surface area (Å²) in [5.74, 6) is 0.727. The van der Waals surface area contributed by atoms with Crippen LogP contribution in [0.4, 0.5) is 4.79 Å². The van der Waals surface area contributed by atoms with Crippen molar-refractivity contribution in [2.75, 3.05) is 6.54 Å². The molecule has 0 aliphatic heterocycles.